The number of nitrogens with zero attached hydrogens (tertiary/aromatic N) is 3. The molecule has 19 heavy (non-hydrogen) atoms. The summed E-state index contributed by atoms with van der Waals surface area (Å²) in [5.41, 5.74) is 8.14. The zero-order valence-corrected chi connectivity index (χ0v) is 10.5. The zero-order chi connectivity index (χ0) is 13.4. The second-order valence-electron chi connectivity index (χ2n) is 4.28. The summed E-state index contributed by atoms with van der Waals surface area (Å²) in [6.45, 7) is 2.71. The van der Waals surface area contributed by atoms with Gasteiger partial charge in [-0.05, 0) is 31.2 Å². The molecule has 0 saturated heterocycles. The average Bonchev–Trinajstić information content (AvgIpc) is 2.76. The molecular formula is C14H13FN4. The van der Waals surface area contributed by atoms with Crippen molar-refractivity contribution in [2.45, 2.75) is 13.5 Å². The van der Waals surface area contributed by atoms with Crippen LogP contribution in [0.2, 0.25) is 0 Å². The van der Waals surface area contributed by atoms with Gasteiger partial charge < -0.3 is 10.3 Å². The number of anilines is 1. The molecule has 0 atom stereocenters. The Morgan fingerprint density at radius 1 is 1.32 bits per heavy atom. The van der Waals surface area contributed by atoms with Gasteiger partial charge in [-0.2, -0.15) is 0 Å². The monoisotopic (exact) mass is 256 g/mol. The van der Waals surface area contributed by atoms with E-state index >= 15 is 0 Å². The van der Waals surface area contributed by atoms with Gasteiger partial charge in [0, 0.05) is 18.4 Å². The summed E-state index contributed by atoms with van der Waals surface area (Å²) < 4.78 is 16.0. The predicted octanol–water partition coefficient (Wildman–Crippen LogP) is 2.84. The minimum Gasteiger partial charge on any atom is -0.399 e. The Bertz CT molecular complexity index is 748. The van der Waals surface area contributed by atoms with Gasteiger partial charge in [-0.15, -0.1) is 0 Å². The Morgan fingerprint density at radius 3 is 2.89 bits per heavy atom. The lowest BCUT2D eigenvalue weighted by Gasteiger charge is -2.07. The van der Waals surface area contributed by atoms with E-state index in [1.54, 1.807) is 24.5 Å². The van der Waals surface area contributed by atoms with E-state index in [1.165, 1.54) is 6.07 Å². The summed E-state index contributed by atoms with van der Waals surface area (Å²) in [6.07, 6.45) is 3.39. The first-order valence-corrected chi connectivity index (χ1v) is 6.06. The van der Waals surface area contributed by atoms with Crippen LogP contribution >= 0.6 is 0 Å². The van der Waals surface area contributed by atoms with Crippen LogP contribution in [0.3, 0.4) is 0 Å². The number of hydrogen-bond acceptors (Lipinski definition) is 3. The van der Waals surface area contributed by atoms with Gasteiger partial charge in [-0.3, -0.25) is 4.98 Å². The van der Waals surface area contributed by atoms with E-state index in [2.05, 4.69) is 9.97 Å². The average molecular weight is 256 g/mol. The summed E-state index contributed by atoms with van der Waals surface area (Å²) in [5.74, 6) is 0.237. The molecule has 0 aliphatic heterocycles. The summed E-state index contributed by atoms with van der Waals surface area (Å²) in [7, 11) is 0. The van der Waals surface area contributed by atoms with E-state index in [0.717, 1.165) is 11.0 Å². The summed E-state index contributed by atoms with van der Waals surface area (Å²) in [4.78, 5) is 8.51. The van der Waals surface area contributed by atoms with Crippen LogP contribution in [0.5, 0.6) is 0 Å². The van der Waals surface area contributed by atoms with Crippen molar-refractivity contribution >= 4 is 16.7 Å². The van der Waals surface area contributed by atoms with Crippen LogP contribution in [0.25, 0.3) is 22.4 Å². The van der Waals surface area contributed by atoms with E-state index in [9.17, 15) is 4.39 Å². The molecule has 0 amide bonds. The number of aryl methyl sites for hydroxylation is 1. The van der Waals surface area contributed by atoms with Crippen molar-refractivity contribution in [2.24, 2.45) is 0 Å². The Morgan fingerprint density at radius 2 is 2.16 bits per heavy atom. The van der Waals surface area contributed by atoms with E-state index in [-0.39, 0.29) is 5.82 Å². The molecule has 96 valence electrons. The second kappa shape index (κ2) is 4.35. The number of hydrogen-bond donors (Lipinski definition) is 1. The highest BCUT2D eigenvalue weighted by Crippen LogP contribution is 2.27. The second-order valence-corrected chi connectivity index (χ2v) is 4.28. The van der Waals surface area contributed by atoms with E-state index < -0.39 is 0 Å². The highest BCUT2D eigenvalue weighted by atomic mass is 19.1. The molecule has 3 aromatic rings. The number of imidazole rings is 1. The first-order valence-electron chi connectivity index (χ1n) is 6.06. The van der Waals surface area contributed by atoms with Crippen molar-refractivity contribution in [3.8, 4) is 11.4 Å². The van der Waals surface area contributed by atoms with E-state index in [1.807, 2.05) is 17.6 Å². The fourth-order valence-corrected chi connectivity index (χ4v) is 2.22. The molecule has 3 rings (SSSR count). The molecule has 4 nitrogen and oxygen atoms in total. The van der Waals surface area contributed by atoms with Crippen molar-refractivity contribution in [2.75, 3.05) is 5.73 Å². The Kier molecular flexibility index (Phi) is 2.67. The minimum absolute atomic E-state index is 0.363. The number of rotatable bonds is 2. The number of fused-ring (bicyclic) bond motifs is 1. The van der Waals surface area contributed by atoms with Gasteiger partial charge in [0.25, 0.3) is 0 Å². The number of nitrogens with two attached hydrogens (primary N) is 1. The number of pyridine rings is 1. The molecule has 1 aromatic carbocycles. The topological polar surface area (TPSA) is 56.7 Å². The number of halogens is 1. The lowest BCUT2D eigenvalue weighted by Crippen LogP contribution is -1.99. The molecule has 2 aromatic heterocycles. The van der Waals surface area contributed by atoms with Crippen LogP contribution in [0.4, 0.5) is 10.1 Å². The fraction of sp³-hybridized carbons (Fsp3) is 0.143. The predicted molar refractivity (Wildman–Crippen MR) is 73.0 cm³/mol. The molecule has 5 heteroatoms. The first kappa shape index (κ1) is 11.6. The molecule has 0 fully saturated rings. The molecular weight excluding hydrogens is 243 g/mol. The fourth-order valence-electron chi connectivity index (χ4n) is 2.22. The minimum atomic E-state index is -0.363. The molecule has 0 unspecified atom stereocenters. The number of nitrogen functional groups attached to an aromatic ring is 1. The van der Waals surface area contributed by atoms with Gasteiger partial charge in [0.05, 0.1) is 17.3 Å². The summed E-state index contributed by atoms with van der Waals surface area (Å²) in [6, 6.07) is 6.53. The van der Waals surface area contributed by atoms with Crippen LogP contribution in [-0.4, -0.2) is 14.5 Å². The number of aromatic nitrogens is 3. The molecule has 0 saturated carbocycles. The Hall–Kier alpha value is -2.43. The van der Waals surface area contributed by atoms with E-state index in [0.29, 0.717) is 23.6 Å². The van der Waals surface area contributed by atoms with Crippen molar-refractivity contribution in [3.63, 3.8) is 0 Å². The molecule has 0 bridgehead atoms. The molecule has 0 aliphatic carbocycles. The summed E-state index contributed by atoms with van der Waals surface area (Å²) in [5, 5.41) is 0. The lowest BCUT2D eigenvalue weighted by molar-refractivity contribution is 0.628. The third kappa shape index (κ3) is 1.83. The van der Waals surface area contributed by atoms with Gasteiger partial charge in [0.1, 0.15) is 17.2 Å². The largest absolute Gasteiger partial charge is 0.399 e. The van der Waals surface area contributed by atoms with Gasteiger partial charge >= 0.3 is 0 Å². The maximum atomic E-state index is 14.0. The summed E-state index contributed by atoms with van der Waals surface area (Å²) >= 11 is 0. The molecule has 2 N–H and O–H groups in total. The van der Waals surface area contributed by atoms with Crippen LogP contribution in [-0.2, 0) is 6.54 Å². The third-order valence-corrected chi connectivity index (χ3v) is 3.10. The maximum Gasteiger partial charge on any atom is 0.144 e. The van der Waals surface area contributed by atoms with Crippen molar-refractivity contribution in [1.29, 1.82) is 0 Å². The van der Waals surface area contributed by atoms with Crippen LogP contribution in [0, 0.1) is 5.82 Å². The first-order chi connectivity index (χ1) is 9.20. The van der Waals surface area contributed by atoms with Crippen molar-refractivity contribution < 1.29 is 4.39 Å². The molecule has 0 aliphatic rings. The SMILES string of the molecule is CCn1c(-c2ccc(N)cc2F)nc2cnccc21. The van der Waals surface area contributed by atoms with Gasteiger partial charge in [0.2, 0.25) is 0 Å². The van der Waals surface area contributed by atoms with Crippen LogP contribution in [0.1, 0.15) is 6.92 Å². The van der Waals surface area contributed by atoms with Crippen molar-refractivity contribution in [3.05, 3.63) is 42.5 Å². The standard InChI is InChI=1S/C14H13FN4/c1-2-19-13-5-6-17-8-12(13)18-14(19)10-4-3-9(16)7-11(10)15/h3-8H,2,16H2,1H3. The van der Waals surface area contributed by atoms with Crippen LogP contribution in [0.15, 0.2) is 36.7 Å². The normalized spacial score (nSPS) is 11.1. The third-order valence-electron chi connectivity index (χ3n) is 3.10. The highest BCUT2D eigenvalue weighted by molar-refractivity contribution is 5.80. The van der Waals surface area contributed by atoms with E-state index in [4.69, 9.17) is 5.73 Å². The van der Waals surface area contributed by atoms with Gasteiger partial charge in [-0.25, -0.2) is 9.37 Å². The molecule has 0 radical (unpaired) electrons. The Balaban J connectivity index is 2.30. The lowest BCUT2D eigenvalue weighted by atomic mass is 10.2. The Labute approximate surface area is 109 Å². The quantitative estimate of drug-likeness (QED) is 0.717. The van der Waals surface area contributed by atoms with Gasteiger partial charge in [-0.1, -0.05) is 0 Å². The van der Waals surface area contributed by atoms with Crippen molar-refractivity contribution in [1.82, 2.24) is 14.5 Å². The maximum absolute atomic E-state index is 14.0. The van der Waals surface area contributed by atoms with Gasteiger partial charge in [0.15, 0.2) is 0 Å². The zero-order valence-electron chi connectivity index (χ0n) is 10.5. The molecule has 2 heterocycles. The smallest absolute Gasteiger partial charge is 0.144 e. The van der Waals surface area contributed by atoms with Crippen LogP contribution < -0.4 is 5.73 Å². The molecule has 0 spiro atoms. The number of benzene rings is 1. The highest BCUT2D eigenvalue weighted by Gasteiger charge is 2.14.